The fraction of sp³-hybridized carbons (Fsp3) is 0.267. The monoisotopic (exact) mass is 271 g/mol. The topological polar surface area (TPSA) is 68.0 Å². The van der Waals surface area contributed by atoms with Gasteiger partial charge in [-0.3, -0.25) is 0 Å². The first-order valence-electron chi connectivity index (χ1n) is 6.61. The van der Waals surface area contributed by atoms with Crippen molar-refractivity contribution in [1.82, 2.24) is 14.8 Å². The second-order valence-corrected chi connectivity index (χ2v) is 4.29. The number of aliphatic carboxylic acids is 1. The van der Waals surface area contributed by atoms with E-state index in [4.69, 9.17) is 5.11 Å². The van der Waals surface area contributed by atoms with Crippen molar-refractivity contribution in [1.29, 1.82) is 0 Å². The van der Waals surface area contributed by atoms with Crippen molar-refractivity contribution in [3.63, 3.8) is 0 Å². The minimum atomic E-state index is -0.969. The summed E-state index contributed by atoms with van der Waals surface area (Å²) in [5, 5.41) is 13.2. The Kier molecular flexibility index (Phi) is 4.30. The van der Waals surface area contributed by atoms with E-state index in [1.165, 1.54) is 0 Å². The second-order valence-electron chi connectivity index (χ2n) is 4.29. The maximum atomic E-state index is 10.7. The molecule has 5 nitrogen and oxygen atoms in total. The molecule has 1 N–H and O–H groups in total. The number of benzene rings is 1. The number of carboxylic acid groups (broad SMARTS) is 1. The van der Waals surface area contributed by atoms with Crippen LogP contribution in [0.15, 0.2) is 30.3 Å². The lowest BCUT2D eigenvalue weighted by Crippen LogP contribution is -2.04. The molecule has 1 aromatic heterocycles. The number of carboxylic acids is 1. The average Bonchev–Trinajstić information content (AvgIpc) is 2.88. The van der Waals surface area contributed by atoms with Crippen LogP contribution < -0.4 is 0 Å². The third-order valence-electron chi connectivity index (χ3n) is 2.92. The van der Waals surface area contributed by atoms with Crippen LogP contribution in [0.3, 0.4) is 0 Å². The first kappa shape index (κ1) is 14.0. The Bertz CT molecular complexity index is 644. The van der Waals surface area contributed by atoms with Crippen LogP contribution in [0.4, 0.5) is 0 Å². The molecular weight excluding hydrogens is 254 g/mol. The van der Waals surface area contributed by atoms with Gasteiger partial charge in [-0.25, -0.2) is 14.5 Å². The van der Waals surface area contributed by atoms with Crippen LogP contribution in [0.2, 0.25) is 0 Å². The summed E-state index contributed by atoms with van der Waals surface area (Å²) >= 11 is 0. The van der Waals surface area contributed by atoms with Crippen molar-refractivity contribution < 1.29 is 9.90 Å². The Morgan fingerprint density at radius 1 is 1.30 bits per heavy atom. The van der Waals surface area contributed by atoms with Gasteiger partial charge < -0.3 is 5.11 Å². The molecule has 0 aliphatic rings. The molecule has 0 saturated heterocycles. The summed E-state index contributed by atoms with van der Waals surface area (Å²) in [5.74, 6) is 0.695. The molecule has 104 valence electrons. The van der Waals surface area contributed by atoms with Crippen LogP contribution >= 0.6 is 0 Å². The van der Waals surface area contributed by atoms with Gasteiger partial charge in [-0.2, -0.15) is 5.10 Å². The molecule has 0 unspecified atom stereocenters. The Hall–Kier alpha value is -2.43. The van der Waals surface area contributed by atoms with E-state index in [2.05, 4.69) is 10.1 Å². The number of carbonyl (C=O) groups is 1. The van der Waals surface area contributed by atoms with Crippen LogP contribution in [-0.4, -0.2) is 25.8 Å². The van der Waals surface area contributed by atoms with Crippen LogP contribution in [-0.2, 0) is 17.6 Å². The van der Waals surface area contributed by atoms with Gasteiger partial charge in [0.15, 0.2) is 5.82 Å². The van der Waals surface area contributed by atoms with Crippen LogP contribution in [0.1, 0.15) is 31.1 Å². The number of nitrogens with zero attached hydrogens (tertiary/aromatic N) is 3. The smallest absolute Gasteiger partial charge is 0.328 e. The van der Waals surface area contributed by atoms with Crippen molar-refractivity contribution in [3.05, 3.63) is 47.6 Å². The van der Waals surface area contributed by atoms with Gasteiger partial charge in [0.25, 0.3) is 0 Å². The lowest BCUT2D eigenvalue weighted by Gasteiger charge is -2.07. The zero-order valence-corrected chi connectivity index (χ0v) is 11.6. The Balaban J connectivity index is 2.52. The van der Waals surface area contributed by atoms with Crippen molar-refractivity contribution in [2.24, 2.45) is 0 Å². The maximum absolute atomic E-state index is 10.7. The first-order valence-corrected chi connectivity index (χ1v) is 6.61. The SMILES string of the molecule is CCc1nc(CC)n(-c2ccccc2C=CC(=O)O)n1. The molecule has 0 saturated carbocycles. The van der Waals surface area contributed by atoms with Gasteiger partial charge in [0.05, 0.1) is 5.69 Å². The highest BCUT2D eigenvalue weighted by molar-refractivity contribution is 5.86. The van der Waals surface area contributed by atoms with Gasteiger partial charge in [0, 0.05) is 24.5 Å². The summed E-state index contributed by atoms with van der Waals surface area (Å²) in [6, 6.07) is 7.55. The molecule has 5 heteroatoms. The molecule has 2 aromatic rings. The molecule has 0 atom stereocenters. The van der Waals surface area contributed by atoms with Crippen molar-refractivity contribution in [2.45, 2.75) is 26.7 Å². The standard InChI is InChI=1S/C15H17N3O2/c1-3-13-16-14(4-2)18(17-13)12-8-6-5-7-11(12)9-10-15(19)20/h5-10H,3-4H2,1-2H3,(H,19,20). The van der Waals surface area contributed by atoms with E-state index in [1.807, 2.05) is 38.1 Å². The summed E-state index contributed by atoms with van der Waals surface area (Å²) in [6.07, 6.45) is 4.24. The number of hydrogen-bond donors (Lipinski definition) is 1. The predicted octanol–water partition coefficient (Wildman–Crippen LogP) is 2.49. The fourth-order valence-electron chi connectivity index (χ4n) is 1.95. The molecule has 0 fully saturated rings. The highest BCUT2D eigenvalue weighted by Gasteiger charge is 2.11. The third-order valence-corrected chi connectivity index (χ3v) is 2.92. The molecule has 2 rings (SSSR count). The number of aryl methyl sites for hydroxylation is 2. The van der Waals surface area contributed by atoms with E-state index in [0.717, 1.165) is 41.8 Å². The largest absolute Gasteiger partial charge is 0.478 e. The molecule has 0 radical (unpaired) electrons. The fourth-order valence-corrected chi connectivity index (χ4v) is 1.95. The lowest BCUT2D eigenvalue weighted by atomic mass is 10.1. The summed E-state index contributed by atoms with van der Waals surface area (Å²) in [7, 11) is 0. The van der Waals surface area contributed by atoms with Gasteiger partial charge in [0.1, 0.15) is 5.82 Å². The van der Waals surface area contributed by atoms with Crippen molar-refractivity contribution in [2.75, 3.05) is 0 Å². The highest BCUT2D eigenvalue weighted by Crippen LogP contribution is 2.17. The van der Waals surface area contributed by atoms with Crippen molar-refractivity contribution in [3.8, 4) is 5.69 Å². The minimum Gasteiger partial charge on any atom is -0.478 e. The quantitative estimate of drug-likeness (QED) is 0.848. The normalized spacial score (nSPS) is 11.1. The second kappa shape index (κ2) is 6.14. The van der Waals surface area contributed by atoms with E-state index in [1.54, 1.807) is 10.8 Å². The Labute approximate surface area is 117 Å². The summed E-state index contributed by atoms with van der Waals surface area (Å²) in [6.45, 7) is 4.03. The molecule has 1 aromatic carbocycles. The Morgan fingerprint density at radius 3 is 2.70 bits per heavy atom. The number of hydrogen-bond acceptors (Lipinski definition) is 3. The molecule has 0 aliphatic carbocycles. The lowest BCUT2D eigenvalue weighted by molar-refractivity contribution is -0.131. The third kappa shape index (κ3) is 2.93. The van der Waals surface area contributed by atoms with Crippen molar-refractivity contribution >= 4 is 12.0 Å². The molecule has 1 heterocycles. The molecule has 0 bridgehead atoms. The number of aromatic nitrogens is 3. The van der Waals surface area contributed by atoms with E-state index < -0.39 is 5.97 Å². The van der Waals surface area contributed by atoms with E-state index in [-0.39, 0.29) is 0 Å². The van der Waals surface area contributed by atoms with E-state index in [9.17, 15) is 4.79 Å². The molecular formula is C15H17N3O2. The average molecular weight is 271 g/mol. The van der Waals surface area contributed by atoms with Gasteiger partial charge in [-0.15, -0.1) is 0 Å². The van der Waals surface area contributed by atoms with Gasteiger partial charge in [-0.05, 0) is 12.1 Å². The minimum absolute atomic E-state index is 0.768. The molecule has 0 spiro atoms. The molecule has 0 aliphatic heterocycles. The van der Waals surface area contributed by atoms with Crippen LogP contribution in [0.5, 0.6) is 0 Å². The summed E-state index contributed by atoms with van der Waals surface area (Å²) < 4.78 is 1.79. The molecule has 0 amide bonds. The van der Waals surface area contributed by atoms with Gasteiger partial charge >= 0.3 is 5.97 Å². The number of para-hydroxylation sites is 1. The maximum Gasteiger partial charge on any atom is 0.328 e. The van der Waals surface area contributed by atoms with E-state index >= 15 is 0 Å². The highest BCUT2D eigenvalue weighted by atomic mass is 16.4. The van der Waals surface area contributed by atoms with E-state index in [0.29, 0.717) is 0 Å². The van der Waals surface area contributed by atoms with Crippen LogP contribution in [0.25, 0.3) is 11.8 Å². The van der Waals surface area contributed by atoms with Gasteiger partial charge in [-0.1, -0.05) is 32.0 Å². The Morgan fingerprint density at radius 2 is 2.05 bits per heavy atom. The summed E-state index contributed by atoms with van der Waals surface area (Å²) in [5.41, 5.74) is 1.64. The zero-order chi connectivity index (χ0) is 14.5. The first-order chi connectivity index (χ1) is 9.65. The van der Waals surface area contributed by atoms with Crippen LogP contribution in [0, 0.1) is 0 Å². The predicted molar refractivity (Wildman–Crippen MR) is 76.8 cm³/mol. The van der Waals surface area contributed by atoms with Gasteiger partial charge in [0.2, 0.25) is 0 Å². The zero-order valence-electron chi connectivity index (χ0n) is 11.6. The number of rotatable bonds is 5. The molecule has 20 heavy (non-hydrogen) atoms. The summed E-state index contributed by atoms with van der Waals surface area (Å²) in [4.78, 5) is 15.1.